The second kappa shape index (κ2) is 9.96. The lowest BCUT2D eigenvalue weighted by molar-refractivity contribution is -0.116. The minimum absolute atomic E-state index is 0.0283. The number of anilines is 1. The molecule has 1 heterocycles. The van der Waals surface area contributed by atoms with Gasteiger partial charge in [-0.15, -0.1) is 11.3 Å². The first kappa shape index (κ1) is 23.7. The molecule has 0 aliphatic rings. The molecule has 0 atom stereocenters. The Labute approximate surface area is 179 Å². The number of thiophene rings is 1. The van der Waals surface area contributed by atoms with Crippen LogP contribution in [0.2, 0.25) is 0 Å². The van der Waals surface area contributed by atoms with E-state index in [-0.39, 0.29) is 22.8 Å². The van der Waals surface area contributed by atoms with Crippen molar-refractivity contribution < 1.29 is 27.5 Å². The number of ketones is 1. The molecule has 0 saturated carbocycles. The summed E-state index contributed by atoms with van der Waals surface area (Å²) in [4.78, 5) is 36.8. The fraction of sp³-hybridized carbons (Fsp3) is 0.350. The summed E-state index contributed by atoms with van der Waals surface area (Å²) in [5.74, 6) is -1.31. The van der Waals surface area contributed by atoms with E-state index in [0.29, 0.717) is 17.0 Å². The number of ether oxygens (including phenoxy) is 1. The number of likely N-dealkylation sites (N-methyl/N-ethyl adjacent to an activating group) is 1. The van der Waals surface area contributed by atoms with Gasteiger partial charge in [-0.05, 0) is 38.5 Å². The smallest absolute Gasteiger partial charge is 0.341 e. The fourth-order valence-electron chi connectivity index (χ4n) is 2.56. The van der Waals surface area contributed by atoms with Gasteiger partial charge >= 0.3 is 5.97 Å². The summed E-state index contributed by atoms with van der Waals surface area (Å²) >= 11 is 1.24. The minimum atomic E-state index is -3.93. The van der Waals surface area contributed by atoms with E-state index in [1.165, 1.54) is 49.6 Å². The number of Topliss-reactive ketones (excluding diaryl/α,β-unsaturated/α-hetero) is 1. The van der Waals surface area contributed by atoms with Gasteiger partial charge in [-0.1, -0.05) is 19.1 Å². The molecule has 0 aliphatic carbocycles. The quantitative estimate of drug-likeness (QED) is 0.463. The number of carbonyl (C=O) groups is 3. The van der Waals surface area contributed by atoms with E-state index in [1.54, 1.807) is 13.0 Å². The van der Waals surface area contributed by atoms with Gasteiger partial charge in [0.05, 0.1) is 23.6 Å². The Balaban J connectivity index is 2.15. The molecule has 0 saturated heterocycles. The topological polar surface area (TPSA) is 110 Å². The SMILES string of the molecule is CCOC(=O)c1cc(CC)sc1NC(=O)CN(C)S(=O)(=O)c1ccc(C(C)=O)cc1. The molecule has 162 valence electrons. The molecule has 0 bridgehead atoms. The number of carbonyl (C=O) groups excluding carboxylic acids is 3. The molecule has 10 heteroatoms. The fourth-order valence-corrected chi connectivity index (χ4v) is 4.69. The lowest BCUT2D eigenvalue weighted by Gasteiger charge is -2.17. The van der Waals surface area contributed by atoms with Crippen LogP contribution in [-0.2, 0) is 26.0 Å². The Kier molecular flexibility index (Phi) is 7.88. The maximum atomic E-state index is 12.7. The molecule has 0 fully saturated rings. The molecule has 2 rings (SSSR count). The summed E-state index contributed by atoms with van der Waals surface area (Å²) in [7, 11) is -2.65. The van der Waals surface area contributed by atoms with Crippen LogP contribution in [-0.4, -0.2) is 50.6 Å². The molecule has 1 aromatic heterocycles. The first-order chi connectivity index (χ1) is 14.1. The van der Waals surface area contributed by atoms with Crippen molar-refractivity contribution in [3.05, 3.63) is 46.3 Å². The van der Waals surface area contributed by atoms with Gasteiger partial charge in [0, 0.05) is 17.5 Å². The number of nitrogens with one attached hydrogen (secondary N) is 1. The van der Waals surface area contributed by atoms with Crippen LogP contribution in [0.15, 0.2) is 35.2 Å². The third kappa shape index (κ3) is 5.53. The van der Waals surface area contributed by atoms with E-state index in [4.69, 9.17) is 4.74 Å². The highest BCUT2D eigenvalue weighted by Crippen LogP contribution is 2.29. The number of rotatable bonds is 9. The zero-order chi connectivity index (χ0) is 22.5. The van der Waals surface area contributed by atoms with Gasteiger partial charge in [-0.2, -0.15) is 4.31 Å². The van der Waals surface area contributed by atoms with Crippen LogP contribution in [0.3, 0.4) is 0 Å². The average Bonchev–Trinajstić information content (AvgIpc) is 3.11. The number of sulfonamides is 1. The van der Waals surface area contributed by atoms with E-state index < -0.39 is 28.4 Å². The van der Waals surface area contributed by atoms with Gasteiger partial charge < -0.3 is 10.1 Å². The van der Waals surface area contributed by atoms with Gasteiger partial charge in [0.25, 0.3) is 0 Å². The molecule has 0 radical (unpaired) electrons. The van der Waals surface area contributed by atoms with Gasteiger partial charge in [-0.3, -0.25) is 9.59 Å². The summed E-state index contributed by atoms with van der Waals surface area (Å²) in [6, 6.07) is 7.16. The first-order valence-corrected chi connectivity index (χ1v) is 11.5. The highest BCUT2D eigenvalue weighted by Gasteiger charge is 2.25. The number of nitrogens with zero attached hydrogens (tertiary/aromatic N) is 1. The summed E-state index contributed by atoms with van der Waals surface area (Å²) in [5, 5.41) is 2.94. The molecule has 0 unspecified atom stereocenters. The molecular formula is C20H24N2O6S2. The zero-order valence-corrected chi connectivity index (χ0v) is 18.9. The molecular weight excluding hydrogens is 428 g/mol. The number of hydrogen-bond acceptors (Lipinski definition) is 7. The normalized spacial score (nSPS) is 11.4. The average molecular weight is 453 g/mol. The van der Waals surface area contributed by atoms with E-state index in [1.807, 2.05) is 6.92 Å². The lowest BCUT2D eigenvalue weighted by atomic mass is 10.2. The molecule has 2 aromatic rings. The molecule has 1 amide bonds. The lowest BCUT2D eigenvalue weighted by Crippen LogP contribution is -2.35. The summed E-state index contributed by atoms with van der Waals surface area (Å²) < 4.78 is 31.3. The van der Waals surface area contributed by atoms with Crippen molar-refractivity contribution in [3.63, 3.8) is 0 Å². The molecule has 30 heavy (non-hydrogen) atoms. The zero-order valence-electron chi connectivity index (χ0n) is 17.2. The Morgan fingerprint density at radius 1 is 1.13 bits per heavy atom. The standard InChI is InChI=1S/C20H24N2O6S2/c1-5-15-11-17(20(25)28-6-2)19(29-15)21-18(24)12-22(4)30(26,27)16-9-7-14(8-10-16)13(3)23/h7-11H,5-6,12H2,1-4H3,(H,21,24). The Morgan fingerprint density at radius 2 is 1.77 bits per heavy atom. The Bertz CT molecular complexity index is 1040. The largest absolute Gasteiger partial charge is 0.462 e. The third-order valence-corrected chi connectivity index (χ3v) is 7.23. The van der Waals surface area contributed by atoms with Gasteiger partial charge in [0.2, 0.25) is 15.9 Å². The first-order valence-electron chi connectivity index (χ1n) is 9.27. The van der Waals surface area contributed by atoms with Crippen molar-refractivity contribution in [1.82, 2.24) is 4.31 Å². The van der Waals surface area contributed by atoms with Gasteiger partial charge in [0.15, 0.2) is 5.78 Å². The van der Waals surface area contributed by atoms with Crippen molar-refractivity contribution in [3.8, 4) is 0 Å². The molecule has 1 N–H and O–H groups in total. The van der Waals surface area contributed by atoms with Crippen LogP contribution in [0.4, 0.5) is 5.00 Å². The summed E-state index contributed by atoms with van der Waals surface area (Å²) in [5.41, 5.74) is 0.641. The van der Waals surface area contributed by atoms with Gasteiger partial charge in [0.1, 0.15) is 5.00 Å². The van der Waals surface area contributed by atoms with Crippen molar-refractivity contribution in [1.29, 1.82) is 0 Å². The van der Waals surface area contributed by atoms with Crippen LogP contribution >= 0.6 is 11.3 Å². The molecule has 0 aliphatic heterocycles. The van der Waals surface area contributed by atoms with Crippen molar-refractivity contribution in [2.24, 2.45) is 0 Å². The van der Waals surface area contributed by atoms with E-state index in [2.05, 4.69) is 5.32 Å². The van der Waals surface area contributed by atoms with Crippen LogP contribution in [0.5, 0.6) is 0 Å². The molecule has 0 spiro atoms. The van der Waals surface area contributed by atoms with E-state index in [9.17, 15) is 22.8 Å². The van der Waals surface area contributed by atoms with Crippen molar-refractivity contribution in [2.75, 3.05) is 25.5 Å². The summed E-state index contributed by atoms with van der Waals surface area (Å²) in [6.45, 7) is 4.75. The predicted octanol–water partition coefficient (Wildman–Crippen LogP) is 2.95. The van der Waals surface area contributed by atoms with Crippen LogP contribution in [0, 0.1) is 0 Å². The van der Waals surface area contributed by atoms with Crippen LogP contribution < -0.4 is 5.32 Å². The number of benzene rings is 1. The maximum absolute atomic E-state index is 12.7. The Morgan fingerprint density at radius 3 is 2.30 bits per heavy atom. The second-order valence-electron chi connectivity index (χ2n) is 6.42. The number of amides is 1. The monoisotopic (exact) mass is 452 g/mol. The molecule has 8 nitrogen and oxygen atoms in total. The second-order valence-corrected chi connectivity index (χ2v) is 9.60. The van der Waals surface area contributed by atoms with E-state index >= 15 is 0 Å². The number of aryl methyl sites for hydroxylation is 1. The maximum Gasteiger partial charge on any atom is 0.341 e. The van der Waals surface area contributed by atoms with Crippen molar-refractivity contribution in [2.45, 2.75) is 32.1 Å². The van der Waals surface area contributed by atoms with Gasteiger partial charge in [-0.25, -0.2) is 13.2 Å². The summed E-state index contributed by atoms with van der Waals surface area (Å²) in [6.07, 6.45) is 0.678. The van der Waals surface area contributed by atoms with Crippen molar-refractivity contribution >= 4 is 44.0 Å². The third-order valence-electron chi connectivity index (χ3n) is 4.22. The number of esters is 1. The van der Waals surface area contributed by atoms with E-state index in [0.717, 1.165) is 9.18 Å². The highest BCUT2D eigenvalue weighted by molar-refractivity contribution is 7.89. The highest BCUT2D eigenvalue weighted by atomic mass is 32.2. The van der Waals surface area contributed by atoms with Crippen LogP contribution in [0.25, 0.3) is 0 Å². The minimum Gasteiger partial charge on any atom is -0.462 e. The predicted molar refractivity (Wildman–Crippen MR) is 115 cm³/mol. The molecule has 1 aromatic carbocycles. The number of hydrogen-bond donors (Lipinski definition) is 1. The Hall–Kier alpha value is -2.56. The van der Waals surface area contributed by atoms with Crippen LogP contribution in [0.1, 0.15) is 46.4 Å².